The third-order valence-electron chi connectivity index (χ3n) is 4.97. The number of methoxy groups -OCH3 is 1. The summed E-state index contributed by atoms with van der Waals surface area (Å²) >= 11 is 0. The maximum Gasteiger partial charge on any atom is 0.243 e. The van der Waals surface area contributed by atoms with E-state index in [-0.39, 0.29) is 23.9 Å². The summed E-state index contributed by atoms with van der Waals surface area (Å²) in [7, 11) is -2.29. The molecule has 1 N–H and O–H groups in total. The van der Waals surface area contributed by atoms with Crippen molar-refractivity contribution in [3.63, 3.8) is 0 Å². The van der Waals surface area contributed by atoms with Gasteiger partial charge in [-0.2, -0.15) is 4.31 Å². The normalized spacial score (nSPS) is 14.8. The van der Waals surface area contributed by atoms with E-state index in [1.807, 2.05) is 30.3 Å². The summed E-state index contributed by atoms with van der Waals surface area (Å²) in [6, 6.07) is 15.9. The van der Waals surface area contributed by atoms with Crippen LogP contribution < -0.4 is 10.1 Å². The Morgan fingerprint density at radius 1 is 1.07 bits per heavy atom. The van der Waals surface area contributed by atoms with E-state index in [0.29, 0.717) is 25.3 Å². The minimum Gasteiger partial charge on any atom is -0.497 e. The third kappa shape index (κ3) is 5.56. The second kappa shape index (κ2) is 9.87. The van der Waals surface area contributed by atoms with Crippen LogP contribution in [0.3, 0.4) is 0 Å². The number of nitrogens with one attached hydrogen (secondary N) is 1. The van der Waals surface area contributed by atoms with Gasteiger partial charge in [-0.25, -0.2) is 8.42 Å². The lowest BCUT2D eigenvalue weighted by Gasteiger charge is -2.30. The van der Waals surface area contributed by atoms with Crippen molar-refractivity contribution in [1.82, 2.24) is 14.5 Å². The van der Waals surface area contributed by atoms with Crippen molar-refractivity contribution in [3.8, 4) is 5.75 Å². The quantitative estimate of drug-likeness (QED) is 0.702. The second-order valence-corrected chi connectivity index (χ2v) is 8.82. The number of hydrogen-bond donors (Lipinski definition) is 1. The molecule has 0 radical (unpaired) electrons. The number of hydrogen-bond acceptors (Lipinski definition) is 5. The van der Waals surface area contributed by atoms with Crippen molar-refractivity contribution in [3.05, 3.63) is 60.2 Å². The molecule has 156 valence electrons. The van der Waals surface area contributed by atoms with Crippen LogP contribution in [0.1, 0.15) is 5.56 Å². The molecule has 3 rings (SSSR count). The summed E-state index contributed by atoms with van der Waals surface area (Å²) in [5.74, 6) is 0.410. The van der Waals surface area contributed by atoms with Gasteiger partial charge in [-0.15, -0.1) is 0 Å². The summed E-state index contributed by atoms with van der Waals surface area (Å²) in [6.07, 6.45) is 0.533. The highest BCUT2D eigenvalue weighted by molar-refractivity contribution is 7.89. The van der Waals surface area contributed by atoms with Crippen molar-refractivity contribution in [2.24, 2.45) is 0 Å². The van der Waals surface area contributed by atoms with Crippen LogP contribution in [0.2, 0.25) is 0 Å². The van der Waals surface area contributed by atoms with Crippen LogP contribution in [0, 0.1) is 0 Å². The molecule has 29 heavy (non-hydrogen) atoms. The zero-order chi connectivity index (χ0) is 20.7. The van der Waals surface area contributed by atoms with Crippen molar-refractivity contribution >= 4 is 15.9 Å². The Hall–Kier alpha value is -2.42. The average molecular weight is 418 g/mol. The zero-order valence-corrected chi connectivity index (χ0v) is 17.4. The van der Waals surface area contributed by atoms with Crippen LogP contribution in [0.5, 0.6) is 5.75 Å². The molecule has 1 amide bonds. The molecule has 0 saturated carbocycles. The molecular weight excluding hydrogens is 390 g/mol. The molecule has 2 aromatic carbocycles. The van der Waals surface area contributed by atoms with Crippen LogP contribution in [0.15, 0.2) is 59.5 Å². The molecule has 0 atom stereocenters. The molecule has 1 saturated heterocycles. The molecule has 8 heteroatoms. The van der Waals surface area contributed by atoms with Gasteiger partial charge >= 0.3 is 0 Å². The third-order valence-corrected chi connectivity index (χ3v) is 6.83. The fraction of sp³-hybridized carbons (Fsp3) is 0.381. The van der Waals surface area contributed by atoms with Crippen molar-refractivity contribution in [2.75, 3.05) is 46.4 Å². The van der Waals surface area contributed by atoms with Crippen molar-refractivity contribution < 1.29 is 17.9 Å². The summed E-state index contributed by atoms with van der Waals surface area (Å²) in [6.45, 7) is 2.70. The van der Waals surface area contributed by atoms with Crippen molar-refractivity contribution in [2.45, 2.75) is 11.3 Å². The van der Waals surface area contributed by atoms with Gasteiger partial charge in [-0.1, -0.05) is 30.3 Å². The topological polar surface area (TPSA) is 79.0 Å². The first-order chi connectivity index (χ1) is 14.0. The molecule has 1 aliphatic heterocycles. The van der Waals surface area contributed by atoms with Crippen LogP contribution in [0.25, 0.3) is 0 Å². The maximum absolute atomic E-state index is 13.3. The van der Waals surface area contributed by atoms with E-state index in [1.165, 1.54) is 23.5 Å². The number of piperazine rings is 1. The molecule has 0 unspecified atom stereocenters. The highest BCUT2D eigenvalue weighted by atomic mass is 32.2. The van der Waals surface area contributed by atoms with E-state index in [4.69, 9.17) is 4.74 Å². The zero-order valence-electron chi connectivity index (χ0n) is 16.6. The number of nitrogens with zero attached hydrogens (tertiary/aromatic N) is 2. The van der Waals surface area contributed by atoms with Gasteiger partial charge in [0.05, 0.1) is 18.6 Å². The molecule has 1 aliphatic rings. The van der Waals surface area contributed by atoms with Gasteiger partial charge in [0.15, 0.2) is 0 Å². The van der Waals surface area contributed by atoms with Crippen LogP contribution in [-0.4, -0.2) is 69.9 Å². The molecule has 0 aromatic heterocycles. The smallest absolute Gasteiger partial charge is 0.243 e. The predicted molar refractivity (Wildman–Crippen MR) is 111 cm³/mol. The SMILES string of the molecule is COc1ccc(S(=O)(=O)N(CCc2ccccc2)CC(=O)N2CCNCC2)cc1. The lowest BCUT2D eigenvalue weighted by molar-refractivity contribution is -0.131. The van der Waals surface area contributed by atoms with Gasteiger partial charge in [0, 0.05) is 32.7 Å². The molecule has 0 spiro atoms. The van der Waals surface area contributed by atoms with Gasteiger partial charge in [-0.3, -0.25) is 4.79 Å². The van der Waals surface area contributed by atoms with E-state index in [2.05, 4.69) is 5.32 Å². The van der Waals surface area contributed by atoms with Gasteiger partial charge in [0.1, 0.15) is 5.75 Å². The van der Waals surface area contributed by atoms with Gasteiger partial charge in [0.2, 0.25) is 15.9 Å². The van der Waals surface area contributed by atoms with E-state index >= 15 is 0 Å². The highest BCUT2D eigenvalue weighted by Gasteiger charge is 2.28. The van der Waals surface area contributed by atoms with E-state index < -0.39 is 10.0 Å². The monoisotopic (exact) mass is 417 g/mol. The first-order valence-corrected chi connectivity index (χ1v) is 11.1. The Morgan fingerprint density at radius 2 is 1.72 bits per heavy atom. The summed E-state index contributed by atoms with van der Waals surface area (Å²) in [5.41, 5.74) is 1.03. The predicted octanol–water partition coefficient (Wildman–Crippen LogP) is 1.36. The number of ether oxygens (including phenoxy) is 1. The number of carbonyl (C=O) groups excluding carboxylic acids is 1. The first kappa shape index (κ1) is 21.3. The molecule has 1 heterocycles. The van der Waals surface area contributed by atoms with Gasteiger partial charge < -0.3 is 15.0 Å². The minimum atomic E-state index is -3.82. The molecule has 0 bridgehead atoms. The fourth-order valence-corrected chi connectivity index (χ4v) is 4.63. The average Bonchev–Trinajstić information content (AvgIpc) is 2.77. The largest absolute Gasteiger partial charge is 0.497 e. The molecule has 0 aliphatic carbocycles. The Morgan fingerprint density at radius 3 is 2.34 bits per heavy atom. The van der Waals surface area contributed by atoms with Gasteiger partial charge in [-0.05, 0) is 36.2 Å². The lowest BCUT2D eigenvalue weighted by atomic mass is 10.1. The fourth-order valence-electron chi connectivity index (χ4n) is 3.24. The summed E-state index contributed by atoms with van der Waals surface area (Å²) in [4.78, 5) is 14.6. The summed E-state index contributed by atoms with van der Waals surface area (Å²) < 4.78 is 32.9. The Labute approximate surface area is 172 Å². The molecule has 7 nitrogen and oxygen atoms in total. The first-order valence-electron chi connectivity index (χ1n) is 9.67. The van der Waals surface area contributed by atoms with Crippen molar-refractivity contribution in [1.29, 1.82) is 0 Å². The van der Waals surface area contributed by atoms with Crippen LogP contribution in [0.4, 0.5) is 0 Å². The molecular formula is C21H27N3O4S. The maximum atomic E-state index is 13.3. The Balaban J connectivity index is 1.80. The van der Waals surface area contributed by atoms with E-state index in [0.717, 1.165) is 18.7 Å². The number of benzene rings is 2. The Bertz CT molecular complexity index is 895. The Kier molecular flexibility index (Phi) is 7.24. The van der Waals surface area contributed by atoms with E-state index in [1.54, 1.807) is 17.0 Å². The van der Waals surface area contributed by atoms with E-state index in [9.17, 15) is 13.2 Å². The molecule has 1 fully saturated rings. The van der Waals surface area contributed by atoms with Crippen LogP contribution in [-0.2, 0) is 21.2 Å². The standard InChI is InChI=1S/C21H27N3O4S/c1-28-19-7-9-20(10-8-19)29(26,27)24(14-11-18-5-3-2-4-6-18)17-21(25)23-15-12-22-13-16-23/h2-10,22H,11-17H2,1H3. The lowest BCUT2D eigenvalue weighted by Crippen LogP contribution is -2.50. The number of rotatable bonds is 8. The van der Waals surface area contributed by atoms with Gasteiger partial charge in [0.25, 0.3) is 0 Å². The summed E-state index contributed by atoms with van der Waals surface area (Å²) in [5, 5.41) is 3.20. The highest BCUT2D eigenvalue weighted by Crippen LogP contribution is 2.20. The minimum absolute atomic E-state index is 0.152. The number of carbonyl (C=O) groups is 1. The second-order valence-electron chi connectivity index (χ2n) is 6.88. The molecule has 2 aromatic rings. The number of amides is 1. The van der Waals surface area contributed by atoms with Crippen LogP contribution >= 0.6 is 0 Å². The number of sulfonamides is 1.